The molecule has 0 N–H and O–H groups in total. The lowest BCUT2D eigenvalue weighted by molar-refractivity contribution is -0.112. The van der Waals surface area contributed by atoms with E-state index in [4.69, 9.17) is 28.4 Å². The zero-order chi connectivity index (χ0) is 22.4. The third kappa shape index (κ3) is 5.23. The molecule has 0 fully saturated rings. The van der Waals surface area contributed by atoms with Crippen LogP contribution in [0.3, 0.4) is 0 Å². The van der Waals surface area contributed by atoms with Crippen molar-refractivity contribution in [3.05, 3.63) is 45.9 Å². The van der Waals surface area contributed by atoms with Crippen LogP contribution in [0.2, 0.25) is 0 Å². The molecule has 0 saturated heterocycles. The van der Waals surface area contributed by atoms with Gasteiger partial charge in [0.2, 0.25) is 6.79 Å². The number of fused-ring (bicyclic) bond motifs is 1. The number of nitrogens with zero attached hydrogens (tertiary/aromatic N) is 1. The summed E-state index contributed by atoms with van der Waals surface area (Å²) in [4.78, 5) is 15.3. The van der Waals surface area contributed by atoms with Gasteiger partial charge in [0.1, 0.15) is 0 Å². The van der Waals surface area contributed by atoms with Crippen molar-refractivity contribution in [2.75, 3.05) is 48.3 Å². The monoisotopic (exact) mass is 495 g/mol. The third-order valence-electron chi connectivity index (χ3n) is 5.00. The Labute approximate surface area is 190 Å². The Kier molecular flexibility index (Phi) is 8.00. The Bertz CT molecular complexity index is 917. The van der Waals surface area contributed by atoms with Gasteiger partial charge >= 0.3 is 0 Å². The van der Waals surface area contributed by atoms with Crippen LogP contribution in [0.4, 0.5) is 0 Å². The van der Waals surface area contributed by atoms with Crippen molar-refractivity contribution in [1.82, 2.24) is 4.90 Å². The Morgan fingerprint density at radius 1 is 1.06 bits per heavy atom. The van der Waals surface area contributed by atoms with E-state index in [1.54, 1.807) is 17.0 Å². The summed E-state index contributed by atoms with van der Waals surface area (Å²) >= 11 is 3.47. The van der Waals surface area contributed by atoms with Gasteiger partial charge < -0.3 is 33.3 Å². The van der Waals surface area contributed by atoms with Gasteiger partial charge in [-0.3, -0.25) is 4.79 Å². The molecule has 0 aromatic heterocycles. The molecule has 1 aliphatic rings. The van der Waals surface area contributed by atoms with Crippen molar-refractivity contribution < 1.29 is 33.2 Å². The zero-order valence-electron chi connectivity index (χ0n) is 18.0. The predicted molar refractivity (Wildman–Crippen MR) is 117 cm³/mol. The molecule has 0 aliphatic carbocycles. The van der Waals surface area contributed by atoms with Gasteiger partial charge in [0.15, 0.2) is 29.3 Å². The first kappa shape index (κ1) is 23.2. The fraction of sp³-hybridized carbons (Fsp3) is 0.409. The fourth-order valence-electron chi connectivity index (χ4n) is 3.32. The van der Waals surface area contributed by atoms with Crippen LogP contribution in [0.15, 0.2) is 34.8 Å². The number of methoxy groups -OCH3 is 4. The second kappa shape index (κ2) is 10.7. The Hall–Kier alpha value is -2.49. The second-order valence-electron chi connectivity index (χ2n) is 6.75. The van der Waals surface area contributed by atoms with E-state index in [2.05, 4.69) is 15.9 Å². The second-order valence-corrected chi connectivity index (χ2v) is 7.60. The average molecular weight is 496 g/mol. The number of hydrogen-bond acceptors (Lipinski definition) is 7. The van der Waals surface area contributed by atoms with Crippen LogP contribution in [0.1, 0.15) is 15.9 Å². The molecule has 31 heavy (non-hydrogen) atoms. The van der Waals surface area contributed by atoms with Gasteiger partial charge in [0.25, 0.3) is 5.91 Å². The standard InChI is InChI=1S/C22H26BrNO7/c1-26-17-8-6-15(23)20(21(17)29-4)22(25)24(12-19(27-2)28-3)10-9-14-5-7-16-18(11-14)31-13-30-16/h5-8,11,19H,9-10,12-13H2,1-4H3. The molecule has 9 heteroatoms. The van der Waals surface area contributed by atoms with E-state index < -0.39 is 6.29 Å². The van der Waals surface area contributed by atoms with Gasteiger partial charge in [0, 0.05) is 25.2 Å². The maximum Gasteiger partial charge on any atom is 0.259 e. The highest BCUT2D eigenvalue weighted by molar-refractivity contribution is 9.10. The highest BCUT2D eigenvalue weighted by atomic mass is 79.9. The van der Waals surface area contributed by atoms with Crippen LogP contribution in [0.5, 0.6) is 23.0 Å². The first-order valence-electron chi connectivity index (χ1n) is 9.66. The van der Waals surface area contributed by atoms with E-state index in [1.807, 2.05) is 18.2 Å². The van der Waals surface area contributed by atoms with Gasteiger partial charge in [-0.05, 0) is 52.2 Å². The molecule has 0 unspecified atom stereocenters. The SMILES string of the molecule is COc1ccc(Br)c(C(=O)N(CCc2ccc3c(c2)OCO3)CC(OC)OC)c1OC. The number of hydrogen-bond donors (Lipinski definition) is 0. The smallest absolute Gasteiger partial charge is 0.259 e. The molecule has 0 saturated carbocycles. The quantitative estimate of drug-likeness (QED) is 0.466. The molecule has 168 valence electrons. The molecule has 0 spiro atoms. The van der Waals surface area contributed by atoms with E-state index in [-0.39, 0.29) is 19.2 Å². The molecule has 1 aliphatic heterocycles. The number of amides is 1. The lowest BCUT2D eigenvalue weighted by Crippen LogP contribution is -2.40. The van der Waals surface area contributed by atoms with E-state index in [9.17, 15) is 4.79 Å². The van der Waals surface area contributed by atoms with Crippen molar-refractivity contribution in [3.63, 3.8) is 0 Å². The molecule has 8 nitrogen and oxygen atoms in total. The topological polar surface area (TPSA) is 75.7 Å². The van der Waals surface area contributed by atoms with E-state index in [0.717, 1.165) is 11.3 Å². The zero-order valence-corrected chi connectivity index (χ0v) is 19.6. The molecule has 0 bridgehead atoms. The van der Waals surface area contributed by atoms with E-state index in [1.165, 1.54) is 28.4 Å². The number of carbonyl (C=O) groups is 1. The number of ether oxygens (including phenoxy) is 6. The average Bonchev–Trinajstić information content (AvgIpc) is 3.26. The first-order chi connectivity index (χ1) is 15.0. The Morgan fingerprint density at radius 2 is 1.81 bits per heavy atom. The lowest BCUT2D eigenvalue weighted by atomic mass is 10.1. The molecular formula is C22H26BrNO7. The summed E-state index contributed by atoms with van der Waals surface area (Å²) in [5.74, 6) is 2.03. The summed E-state index contributed by atoms with van der Waals surface area (Å²) in [5, 5.41) is 0. The van der Waals surface area contributed by atoms with E-state index >= 15 is 0 Å². The summed E-state index contributed by atoms with van der Waals surface area (Å²) < 4.78 is 33.0. The summed E-state index contributed by atoms with van der Waals surface area (Å²) in [7, 11) is 6.11. The number of carbonyl (C=O) groups excluding carboxylic acids is 1. The summed E-state index contributed by atoms with van der Waals surface area (Å²) in [6, 6.07) is 9.26. The van der Waals surface area contributed by atoms with Crippen LogP contribution < -0.4 is 18.9 Å². The van der Waals surface area contributed by atoms with Gasteiger partial charge in [-0.15, -0.1) is 0 Å². The molecule has 2 aromatic rings. The largest absolute Gasteiger partial charge is 0.493 e. The number of rotatable bonds is 10. The molecule has 0 atom stereocenters. The van der Waals surface area contributed by atoms with Crippen molar-refractivity contribution in [2.24, 2.45) is 0 Å². The van der Waals surface area contributed by atoms with Gasteiger partial charge in [0.05, 0.1) is 26.3 Å². The first-order valence-corrected chi connectivity index (χ1v) is 10.5. The fourth-order valence-corrected chi connectivity index (χ4v) is 3.80. The van der Waals surface area contributed by atoms with E-state index in [0.29, 0.717) is 40.3 Å². The molecule has 3 rings (SSSR count). The highest BCUT2D eigenvalue weighted by Gasteiger charge is 2.27. The molecular weight excluding hydrogens is 470 g/mol. The summed E-state index contributed by atoms with van der Waals surface area (Å²) in [5.41, 5.74) is 1.39. The maximum absolute atomic E-state index is 13.6. The van der Waals surface area contributed by atoms with Crippen molar-refractivity contribution >= 4 is 21.8 Å². The van der Waals surface area contributed by atoms with Crippen LogP contribution in [0.25, 0.3) is 0 Å². The normalized spacial score (nSPS) is 12.2. The molecule has 1 amide bonds. The minimum atomic E-state index is -0.573. The van der Waals surface area contributed by atoms with Crippen LogP contribution in [-0.4, -0.2) is 65.4 Å². The summed E-state index contributed by atoms with van der Waals surface area (Å²) in [6.07, 6.45) is 0.0305. The predicted octanol–water partition coefficient (Wildman–Crippen LogP) is 3.50. The minimum Gasteiger partial charge on any atom is -0.493 e. The molecule has 2 aromatic carbocycles. The van der Waals surface area contributed by atoms with Crippen LogP contribution in [0, 0.1) is 0 Å². The minimum absolute atomic E-state index is 0.219. The number of halogens is 1. The third-order valence-corrected chi connectivity index (χ3v) is 5.66. The van der Waals surface area contributed by atoms with Gasteiger partial charge in [-0.25, -0.2) is 0 Å². The van der Waals surface area contributed by atoms with Gasteiger partial charge in [-0.1, -0.05) is 6.07 Å². The molecule has 1 heterocycles. The van der Waals surface area contributed by atoms with Crippen LogP contribution in [-0.2, 0) is 15.9 Å². The van der Waals surface area contributed by atoms with Crippen molar-refractivity contribution in [1.29, 1.82) is 0 Å². The maximum atomic E-state index is 13.6. The number of benzene rings is 2. The summed E-state index contributed by atoms with van der Waals surface area (Å²) in [6.45, 7) is 0.883. The van der Waals surface area contributed by atoms with Gasteiger partial charge in [-0.2, -0.15) is 0 Å². The van der Waals surface area contributed by atoms with Crippen molar-refractivity contribution in [3.8, 4) is 23.0 Å². The van der Waals surface area contributed by atoms with Crippen LogP contribution >= 0.6 is 15.9 Å². The lowest BCUT2D eigenvalue weighted by Gasteiger charge is -2.27. The highest BCUT2D eigenvalue weighted by Crippen LogP contribution is 2.37. The Morgan fingerprint density at radius 3 is 2.48 bits per heavy atom. The molecule has 0 radical (unpaired) electrons. The Balaban J connectivity index is 1.87. The van der Waals surface area contributed by atoms with Crippen molar-refractivity contribution in [2.45, 2.75) is 12.7 Å².